The minimum absolute atomic E-state index is 0.0659. The number of pyridine rings is 1. The molecule has 104 valence electrons. The van der Waals surface area contributed by atoms with Crippen LogP contribution in [0.15, 0.2) is 18.2 Å². The third-order valence-electron chi connectivity index (χ3n) is 3.80. The second-order valence-electron chi connectivity index (χ2n) is 5.50. The van der Waals surface area contributed by atoms with Crippen LogP contribution in [0.4, 0.5) is 5.82 Å². The van der Waals surface area contributed by atoms with Gasteiger partial charge in [0, 0.05) is 12.1 Å². The van der Waals surface area contributed by atoms with Gasteiger partial charge in [0.2, 0.25) is 5.91 Å². The molecule has 2 unspecified atom stereocenters. The number of nitrogens with zero attached hydrogens (tertiary/aromatic N) is 1. The van der Waals surface area contributed by atoms with Gasteiger partial charge in [0.05, 0.1) is 0 Å². The average Bonchev–Trinajstić information content (AvgIpc) is 2.39. The van der Waals surface area contributed by atoms with Crippen LogP contribution < -0.4 is 10.6 Å². The Labute approximate surface area is 115 Å². The maximum Gasteiger partial charge on any atom is 0.225 e. The third kappa shape index (κ3) is 4.31. The number of aryl methyl sites for hydroxylation is 1. The predicted molar refractivity (Wildman–Crippen MR) is 77.0 cm³/mol. The van der Waals surface area contributed by atoms with E-state index in [1.54, 1.807) is 0 Å². The Kier molecular flexibility index (Phi) is 4.91. The molecule has 1 aliphatic heterocycles. The zero-order valence-corrected chi connectivity index (χ0v) is 11.8. The minimum Gasteiger partial charge on any atom is -0.316 e. The number of piperidine rings is 1. The van der Waals surface area contributed by atoms with E-state index in [4.69, 9.17) is 0 Å². The molecule has 1 saturated heterocycles. The number of aromatic nitrogens is 1. The summed E-state index contributed by atoms with van der Waals surface area (Å²) in [6, 6.07) is 5.66. The highest BCUT2D eigenvalue weighted by Gasteiger charge is 2.22. The highest BCUT2D eigenvalue weighted by Crippen LogP contribution is 2.22. The number of rotatable bonds is 4. The number of hydrogen-bond acceptors (Lipinski definition) is 3. The summed E-state index contributed by atoms with van der Waals surface area (Å²) in [6.07, 6.45) is 3.02. The lowest BCUT2D eigenvalue weighted by Crippen LogP contribution is -2.34. The SMILES string of the molecule is Cc1cccc(NC(=O)CC(C)C2CCCNC2)n1. The summed E-state index contributed by atoms with van der Waals surface area (Å²) in [6.45, 7) is 6.24. The molecule has 1 amide bonds. The minimum atomic E-state index is 0.0659. The Balaban J connectivity index is 1.83. The van der Waals surface area contributed by atoms with Gasteiger partial charge in [-0.2, -0.15) is 0 Å². The first kappa shape index (κ1) is 14.0. The van der Waals surface area contributed by atoms with Crippen molar-refractivity contribution in [2.75, 3.05) is 18.4 Å². The van der Waals surface area contributed by atoms with Crippen LogP contribution in [-0.4, -0.2) is 24.0 Å². The maximum atomic E-state index is 12.0. The van der Waals surface area contributed by atoms with Crippen molar-refractivity contribution in [3.63, 3.8) is 0 Å². The van der Waals surface area contributed by atoms with Gasteiger partial charge in [-0.1, -0.05) is 13.0 Å². The Morgan fingerprint density at radius 2 is 2.42 bits per heavy atom. The number of nitrogens with one attached hydrogen (secondary N) is 2. The molecule has 1 aromatic rings. The van der Waals surface area contributed by atoms with E-state index >= 15 is 0 Å². The van der Waals surface area contributed by atoms with Gasteiger partial charge in [0.25, 0.3) is 0 Å². The highest BCUT2D eigenvalue weighted by atomic mass is 16.1. The highest BCUT2D eigenvalue weighted by molar-refractivity contribution is 5.89. The molecule has 2 heterocycles. The topological polar surface area (TPSA) is 54.0 Å². The average molecular weight is 261 g/mol. The van der Waals surface area contributed by atoms with Crippen LogP contribution in [-0.2, 0) is 4.79 Å². The van der Waals surface area contributed by atoms with Crippen LogP contribution >= 0.6 is 0 Å². The van der Waals surface area contributed by atoms with Crippen LogP contribution in [0.3, 0.4) is 0 Å². The van der Waals surface area contributed by atoms with Crippen LogP contribution in [0.5, 0.6) is 0 Å². The summed E-state index contributed by atoms with van der Waals surface area (Å²) in [5.41, 5.74) is 0.919. The molecule has 0 spiro atoms. The van der Waals surface area contributed by atoms with Gasteiger partial charge >= 0.3 is 0 Å². The van der Waals surface area contributed by atoms with E-state index in [2.05, 4.69) is 22.5 Å². The lowest BCUT2D eigenvalue weighted by molar-refractivity contribution is -0.117. The molecule has 2 atom stereocenters. The van der Waals surface area contributed by atoms with Gasteiger partial charge in [0.15, 0.2) is 0 Å². The van der Waals surface area contributed by atoms with E-state index in [-0.39, 0.29) is 5.91 Å². The standard InChI is InChI=1S/C15H23N3O/c1-11(13-6-4-8-16-10-13)9-15(19)18-14-7-3-5-12(2)17-14/h3,5,7,11,13,16H,4,6,8-10H2,1-2H3,(H,17,18,19). The van der Waals surface area contributed by atoms with Crippen molar-refractivity contribution in [2.45, 2.75) is 33.1 Å². The van der Waals surface area contributed by atoms with E-state index < -0.39 is 0 Å². The van der Waals surface area contributed by atoms with E-state index in [1.807, 2.05) is 25.1 Å². The second-order valence-corrected chi connectivity index (χ2v) is 5.50. The summed E-state index contributed by atoms with van der Waals surface area (Å²) < 4.78 is 0. The van der Waals surface area contributed by atoms with Crippen molar-refractivity contribution in [2.24, 2.45) is 11.8 Å². The molecule has 0 saturated carbocycles. The molecule has 0 radical (unpaired) electrons. The summed E-state index contributed by atoms with van der Waals surface area (Å²) >= 11 is 0. The lowest BCUT2D eigenvalue weighted by Gasteiger charge is -2.27. The lowest BCUT2D eigenvalue weighted by atomic mass is 9.85. The molecule has 0 aliphatic carbocycles. The third-order valence-corrected chi connectivity index (χ3v) is 3.80. The van der Waals surface area contributed by atoms with Crippen molar-refractivity contribution in [1.29, 1.82) is 0 Å². The molecule has 19 heavy (non-hydrogen) atoms. The summed E-state index contributed by atoms with van der Waals surface area (Å²) in [4.78, 5) is 16.3. The Morgan fingerprint density at radius 1 is 1.58 bits per heavy atom. The zero-order chi connectivity index (χ0) is 13.7. The van der Waals surface area contributed by atoms with Gasteiger partial charge in [-0.05, 0) is 56.8 Å². The van der Waals surface area contributed by atoms with Gasteiger partial charge in [-0.3, -0.25) is 4.79 Å². The smallest absolute Gasteiger partial charge is 0.225 e. The molecule has 2 rings (SSSR count). The van der Waals surface area contributed by atoms with E-state index in [0.29, 0.717) is 24.1 Å². The quantitative estimate of drug-likeness (QED) is 0.874. The second kappa shape index (κ2) is 6.66. The zero-order valence-electron chi connectivity index (χ0n) is 11.8. The fourth-order valence-electron chi connectivity index (χ4n) is 2.63. The normalized spacial score (nSPS) is 20.8. The van der Waals surface area contributed by atoms with Gasteiger partial charge in [-0.15, -0.1) is 0 Å². The number of carbonyl (C=O) groups is 1. The molecule has 0 aromatic carbocycles. The van der Waals surface area contributed by atoms with E-state index in [9.17, 15) is 4.79 Å². The molecule has 4 heteroatoms. The number of hydrogen-bond donors (Lipinski definition) is 2. The Morgan fingerprint density at radius 3 is 3.11 bits per heavy atom. The van der Waals surface area contributed by atoms with E-state index in [0.717, 1.165) is 18.8 Å². The fraction of sp³-hybridized carbons (Fsp3) is 0.600. The molecule has 0 bridgehead atoms. The number of carbonyl (C=O) groups excluding carboxylic acids is 1. The van der Waals surface area contributed by atoms with Crippen LogP contribution in [0.1, 0.15) is 31.9 Å². The largest absolute Gasteiger partial charge is 0.316 e. The number of amides is 1. The van der Waals surface area contributed by atoms with Crippen LogP contribution in [0.25, 0.3) is 0 Å². The molecule has 2 N–H and O–H groups in total. The van der Waals surface area contributed by atoms with Crippen molar-refractivity contribution < 1.29 is 4.79 Å². The van der Waals surface area contributed by atoms with Crippen LogP contribution in [0, 0.1) is 18.8 Å². The first-order valence-corrected chi connectivity index (χ1v) is 7.09. The molecular formula is C15H23N3O. The van der Waals surface area contributed by atoms with Crippen molar-refractivity contribution >= 4 is 11.7 Å². The maximum absolute atomic E-state index is 12.0. The monoisotopic (exact) mass is 261 g/mol. The van der Waals surface area contributed by atoms with Crippen molar-refractivity contribution in [3.05, 3.63) is 23.9 Å². The Bertz CT molecular complexity index is 427. The van der Waals surface area contributed by atoms with Gasteiger partial charge < -0.3 is 10.6 Å². The Hall–Kier alpha value is -1.42. The first-order valence-electron chi connectivity index (χ1n) is 7.09. The summed E-state index contributed by atoms with van der Waals surface area (Å²) in [5, 5.41) is 6.28. The van der Waals surface area contributed by atoms with Gasteiger partial charge in [0.1, 0.15) is 5.82 Å². The summed E-state index contributed by atoms with van der Waals surface area (Å²) in [5.74, 6) is 1.75. The molecule has 4 nitrogen and oxygen atoms in total. The van der Waals surface area contributed by atoms with Crippen molar-refractivity contribution in [1.82, 2.24) is 10.3 Å². The fourth-order valence-corrected chi connectivity index (χ4v) is 2.63. The van der Waals surface area contributed by atoms with Crippen molar-refractivity contribution in [3.8, 4) is 0 Å². The molecule has 1 aromatic heterocycles. The summed E-state index contributed by atoms with van der Waals surface area (Å²) in [7, 11) is 0. The molecule has 1 aliphatic rings. The van der Waals surface area contributed by atoms with Gasteiger partial charge in [-0.25, -0.2) is 4.98 Å². The molecule has 1 fully saturated rings. The number of anilines is 1. The van der Waals surface area contributed by atoms with Crippen LogP contribution in [0.2, 0.25) is 0 Å². The predicted octanol–water partition coefficient (Wildman–Crippen LogP) is 2.35. The first-order chi connectivity index (χ1) is 9.15. The molecular weight excluding hydrogens is 238 g/mol. The van der Waals surface area contributed by atoms with E-state index in [1.165, 1.54) is 12.8 Å².